The number of carbonyl (C=O) groups is 4. The average molecular weight is 468 g/mol. The van der Waals surface area contributed by atoms with Crippen molar-refractivity contribution in [1.29, 1.82) is 0 Å². The number of carbonyl (C=O) groups excluding carboxylic acids is 4. The topological polar surface area (TPSA) is 116 Å². The van der Waals surface area contributed by atoms with Gasteiger partial charge >= 0.3 is 5.97 Å². The average Bonchev–Trinajstić information content (AvgIpc) is 2.66. The van der Waals surface area contributed by atoms with Gasteiger partial charge in [-0.15, -0.1) is 0 Å². The number of amides is 2. The first-order valence-corrected chi connectivity index (χ1v) is 9.23. The second-order valence-corrected chi connectivity index (χ2v) is 7.09. The Labute approximate surface area is 174 Å². The summed E-state index contributed by atoms with van der Waals surface area (Å²) in [6.45, 7) is -0.535. The van der Waals surface area contributed by atoms with Crippen LogP contribution in [0.1, 0.15) is 27.1 Å². The molecule has 2 aromatic rings. The number of nitrogens with two attached hydrogens (primary N) is 1. The van der Waals surface area contributed by atoms with Crippen molar-refractivity contribution in [1.82, 2.24) is 5.32 Å². The van der Waals surface area contributed by atoms with E-state index < -0.39 is 42.6 Å². The highest BCUT2D eigenvalue weighted by molar-refractivity contribution is 9.10. The molecule has 0 spiro atoms. The molecule has 7 nitrogen and oxygen atoms in total. The highest BCUT2D eigenvalue weighted by Gasteiger charge is 2.25. The van der Waals surface area contributed by atoms with Crippen LogP contribution >= 0.6 is 27.5 Å². The summed E-state index contributed by atoms with van der Waals surface area (Å²) in [7, 11) is 0. The molecule has 0 aliphatic rings. The molecule has 1 atom stereocenters. The monoisotopic (exact) mass is 466 g/mol. The van der Waals surface area contributed by atoms with Crippen molar-refractivity contribution in [3.05, 3.63) is 69.2 Å². The van der Waals surface area contributed by atoms with Crippen LogP contribution in [0.5, 0.6) is 0 Å². The van der Waals surface area contributed by atoms with E-state index in [0.29, 0.717) is 10.6 Å². The maximum atomic E-state index is 12.3. The minimum absolute atomic E-state index is 0.234. The van der Waals surface area contributed by atoms with Gasteiger partial charge in [-0.25, -0.2) is 4.79 Å². The Morgan fingerprint density at radius 1 is 1.00 bits per heavy atom. The highest BCUT2D eigenvalue weighted by atomic mass is 79.9. The van der Waals surface area contributed by atoms with Gasteiger partial charge < -0.3 is 15.8 Å². The van der Waals surface area contributed by atoms with E-state index in [-0.39, 0.29) is 5.56 Å². The van der Waals surface area contributed by atoms with Crippen molar-refractivity contribution in [2.75, 3.05) is 6.61 Å². The van der Waals surface area contributed by atoms with Crippen LogP contribution in [0.15, 0.2) is 53.0 Å². The van der Waals surface area contributed by atoms with E-state index in [1.807, 2.05) is 0 Å². The van der Waals surface area contributed by atoms with Gasteiger partial charge in [-0.05, 0) is 36.4 Å². The fourth-order valence-electron chi connectivity index (χ4n) is 2.19. The fraction of sp³-hybridized carbons (Fsp3) is 0.158. The van der Waals surface area contributed by atoms with Gasteiger partial charge in [0.25, 0.3) is 5.91 Å². The molecule has 2 aromatic carbocycles. The summed E-state index contributed by atoms with van der Waals surface area (Å²) in [6, 6.07) is 11.1. The number of primary amides is 1. The van der Waals surface area contributed by atoms with Crippen molar-refractivity contribution in [3.63, 3.8) is 0 Å². The lowest BCUT2D eigenvalue weighted by atomic mass is 10.1. The molecule has 0 fully saturated rings. The smallest absolute Gasteiger partial charge is 0.329 e. The maximum Gasteiger partial charge on any atom is 0.329 e. The lowest BCUT2D eigenvalue weighted by Gasteiger charge is -2.16. The summed E-state index contributed by atoms with van der Waals surface area (Å²) in [4.78, 5) is 47.9. The van der Waals surface area contributed by atoms with E-state index in [9.17, 15) is 19.2 Å². The van der Waals surface area contributed by atoms with E-state index in [2.05, 4.69) is 21.2 Å². The number of halogens is 2. The van der Waals surface area contributed by atoms with Gasteiger partial charge in [0.05, 0.1) is 6.42 Å². The number of rotatable bonds is 8. The first kappa shape index (κ1) is 21.6. The Morgan fingerprint density at radius 2 is 1.57 bits per heavy atom. The number of benzene rings is 2. The molecular weight excluding hydrogens is 452 g/mol. The van der Waals surface area contributed by atoms with Crippen molar-refractivity contribution < 1.29 is 23.9 Å². The number of nitrogens with one attached hydrogen (secondary N) is 1. The van der Waals surface area contributed by atoms with Crippen LogP contribution in [0.2, 0.25) is 5.02 Å². The molecule has 9 heteroatoms. The van der Waals surface area contributed by atoms with Gasteiger partial charge in [-0.1, -0.05) is 39.7 Å². The Bertz CT molecular complexity index is 884. The zero-order chi connectivity index (χ0) is 20.7. The van der Waals surface area contributed by atoms with Gasteiger partial charge in [0.1, 0.15) is 6.04 Å². The zero-order valence-corrected chi connectivity index (χ0v) is 16.8. The number of ketones is 1. The number of ether oxygens (including phenoxy) is 1. The first-order chi connectivity index (χ1) is 13.3. The molecule has 0 aliphatic heterocycles. The molecular formula is C19H16BrClN2O5. The van der Waals surface area contributed by atoms with Gasteiger partial charge in [0, 0.05) is 20.6 Å². The highest BCUT2D eigenvalue weighted by Crippen LogP contribution is 2.12. The molecule has 0 radical (unpaired) electrons. The minimum Gasteiger partial charge on any atom is -0.456 e. The molecule has 0 unspecified atom stereocenters. The third-order valence-electron chi connectivity index (χ3n) is 3.61. The molecule has 2 rings (SSSR count). The van der Waals surface area contributed by atoms with Gasteiger partial charge in [-0.3, -0.25) is 14.4 Å². The van der Waals surface area contributed by atoms with E-state index in [4.69, 9.17) is 22.1 Å². The Hall–Kier alpha value is -2.71. The summed E-state index contributed by atoms with van der Waals surface area (Å²) < 4.78 is 5.76. The molecule has 0 aromatic heterocycles. The zero-order valence-electron chi connectivity index (χ0n) is 14.5. The minimum atomic E-state index is -1.32. The summed E-state index contributed by atoms with van der Waals surface area (Å²) in [6.07, 6.45) is -0.468. The third-order valence-corrected chi connectivity index (χ3v) is 4.39. The predicted molar refractivity (Wildman–Crippen MR) is 106 cm³/mol. The number of esters is 1. The molecule has 0 saturated heterocycles. The van der Waals surface area contributed by atoms with Crippen LogP contribution < -0.4 is 11.1 Å². The van der Waals surface area contributed by atoms with Crippen molar-refractivity contribution in [3.8, 4) is 0 Å². The first-order valence-electron chi connectivity index (χ1n) is 8.06. The predicted octanol–water partition coefficient (Wildman–Crippen LogP) is 2.50. The van der Waals surface area contributed by atoms with Crippen LogP contribution in [-0.2, 0) is 14.3 Å². The molecule has 0 heterocycles. The summed E-state index contributed by atoms with van der Waals surface area (Å²) in [5, 5.41) is 2.82. The lowest BCUT2D eigenvalue weighted by molar-refractivity contribution is -0.146. The van der Waals surface area contributed by atoms with E-state index in [1.54, 1.807) is 24.3 Å². The standard InChI is InChI=1S/C19H16BrClN2O5/c20-13-5-1-11(2-6-13)16(24)10-28-19(27)15(9-17(22)25)23-18(26)12-3-7-14(21)8-4-12/h1-8,15H,9-10H2,(H2,22,25)(H,23,26)/t15-/m0/s1. The molecule has 0 bridgehead atoms. The summed E-state index contributed by atoms with van der Waals surface area (Å²) in [5.74, 6) is -2.79. The van der Waals surface area contributed by atoms with Gasteiger partial charge in [0.15, 0.2) is 12.4 Å². The van der Waals surface area contributed by atoms with Crippen molar-refractivity contribution >= 4 is 51.1 Å². The van der Waals surface area contributed by atoms with Gasteiger partial charge in [-0.2, -0.15) is 0 Å². The van der Waals surface area contributed by atoms with Crippen LogP contribution in [-0.4, -0.2) is 36.2 Å². The Balaban J connectivity index is 2.00. The quantitative estimate of drug-likeness (QED) is 0.457. The number of Topliss-reactive ketones (excluding diaryl/α,β-unsaturated/α-hetero) is 1. The second-order valence-electron chi connectivity index (χ2n) is 5.74. The van der Waals surface area contributed by atoms with Crippen molar-refractivity contribution in [2.24, 2.45) is 5.73 Å². The van der Waals surface area contributed by atoms with Crippen LogP contribution in [0.3, 0.4) is 0 Å². The summed E-state index contributed by atoms with van der Waals surface area (Å²) in [5.41, 5.74) is 5.73. The van der Waals surface area contributed by atoms with Crippen LogP contribution in [0, 0.1) is 0 Å². The van der Waals surface area contributed by atoms with Crippen LogP contribution in [0.25, 0.3) is 0 Å². The SMILES string of the molecule is NC(=O)C[C@H](NC(=O)c1ccc(Cl)cc1)C(=O)OCC(=O)c1ccc(Br)cc1. The molecule has 2 amide bonds. The normalized spacial score (nSPS) is 11.4. The molecule has 0 aliphatic carbocycles. The molecule has 28 heavy (non-hydrogen) atoms. The van der Waals surface area contributed by atoms with Crippen LogP contribution in [0.4, 0.5) is 0 Å². The van der Waals surface area contributed by atoms with E-state index in [1.165, 1.54) is 24.3 Å². The third kappa shape index (κ3) is 6.47. The molecule has 3 N–H and O–H groups in total. The summed E-state index contributed by atoms with van der Waals surface area (Å²) >= 11 is 9.03. The van der Waals surface area contributed by atoms with E-state index in [0.717, 1.165) is 4.47 Å². The van der Waals surface area contributed by atoms with E-state index >= 15 is 0 Å². The van der Waals surface area contributed by atoms with Gasteiger partial charge in [0.2, 0.25) is 5.91 Å². The number of hydrogen-bond acceptors (Lipinski definition) is 5. The Kier molecular flexibility index (Phi) is 7.71. The Morgan fingerprint density at radius 3 is 2.14 bits per heavy atom. The lowest BCUT2D eigenvalue weighted by Crippen LogP contribution is -2.44. The van der Waals surface area contributed by atoms with Crippen molar-refractivity contribution in [2.45, 2.75) is 12.5 Å². The molecule has 146 valence electrons. The number of hydrogen-bond donors (Lipinski definition) is 2. The largest absolute Gasteiger partial charge is 0.456 e. The fourth-order valence-corrected chi connectivity index (χ4v) is 2.58. The maximum absolute atomic E-state index is 12.3. The second kappa shape index (κ2) is 10.0. The molecule has 0 saturated carbocycles.